The van der Waals surface area contributed by atoms with E-state index in [0.717, 1.165) is 32.5 Å². The van der Waals surface area contributed by atoms with Crippen molar-refractivity contribution in [2.24, 2.45) is 11.3 Å². The molecule has 116 valence electrons. The molecular formula is C17H31NO2. The molecule has 1 aliphatic carbocycles. The number of ether oxygens (including phenoxy) is 2. The maximum absolute atomic E-state index is 5.74. The van der Waals surface area contributed by atoms with Gasteiger partial charge in [-0.25, -0.2) is 0 Å². The second-order valence-corrected chi connectivity index (χ2v) is 7.02. The van der Waals surface area contributed by atoms with Crippen LogP contribution in [0.2, 0.25) is 0 Å². The molecule has 1 spiro atoms. The molecule has 1 unspecified atom stereocenters. The van der Waals surface area contributed by atoms with Crippen molar-refractivity contribution in [3.8, 4) is 0 Å². The fourth-order valence-corrected chi connectivity index (χ4v) is 4.63. The van der Waals surface area contributed by atoms with Gasteiger partial charge in [0, 0.05) is 25.2 Å². The minimum atomic E-state index is 0.516. The molecule has 20 heavy (non-hydrogen) atoms. The van der Waals surface area contributed by atoms with Crippen molar-refractivity contribution in [2.45, 2.75) is 57.9 Å². The van der Waals surface area contributed by atoms with Gasteiger partial charge in [-0.1, -0.05) is 12.8 Å². The van der Waals surface area contributed by atoms with E-state index in [4.69, 9.17) is 9.47 Å². The Morgan fingerprint density at radius 1 is 1.15 bits per heavy atom. The minimum absolute atomic E-state index is 0.516. The molecular weight excluding hydrogens is 250 g/mol. The zero-order valence-corrected chi connectivity index (χ0v) is 13.1. The molecule has 3 aliphatic rings. The van der Waals surface area contributed by atoms with Crippen LogP contribution in [0.1, 0.15) is 51.9 Å². The molecule has 3 rings (SSSR count). The van der Waals surface area contributed by atoms with E-state index in [-0.39, 0.29) is 0 Å². The summed E-state index contributed by atoms with van der Waals surface area (Å²) in [5, 5.41) is 0. The monoisotopic (exact) mass is 281 g/mol. The number of likely N-dealkylation sites (tertiary alicyclic amines) is 1. The van der Waals surface area contributed by atoms with E-state index in [0.29, 0.717) is 11.3 Å². The largest absolute Gasteiger partial charge is 0.381 e. The first-order valence-corrected chi connectivity index (χ1v) is 8.73. The Morgan fingerprint density at radius 2 is 1.90 bits per heavy atom. The highest BCUT2D eigenvalue weighted by atomic mass is 16.5. The Bertz CT molecular complexity index is 293. The second-order valence-electron chi connectivity index (χ2n) is 7.02. The van der Waals surface area contributed by atoms with Crippen LogP contribution < -0.4 is 0 Å². The summed E-state index contributed by atoms with van der Waals surface area (Å²) in [4.78, 5) is 2.78. The molecule has 3 heteroatoms. The van der Waals surface area contributed by atoms with Gasteiger partial charge in [0.05, 0.1) is 13.2 Å². The quantitative estimate of drug-likeness (QED) is 0.790. The molecule has 2 saturated heterocycles. The summed E-state index contributed by atoms with van der Waals surface area (Å²) in [7, 11) is 0. The molecule has 3 fully saturated rings. The zero-order chi connectivity index (χ0) is 13.8. The van der Waals surface area contributed by atoms with E-state index >= 15 is 0 Å². The molecule has 0 aromatic carbocycles. The van der Waals surface area contributed by atoms with Gasteiger partial charge in [0.1, 0.15) is 0 Å². The molecule has 0 radical (unpaired) electrons. The van der Waals surface area contributed by atoms with Gasteiger partial charge in [-0.2, -0.15) is 0 Å². The highest BCUT2D eigenvalue weighted by Crippen LogP contribution is 2.45. The molecule has 3 nitrogen and oxygen atoms in total. The second kappa shape index (κ2) is 6.76. The maximum atomic E-state index is 5.74. The van der Waals surface area contributed by atoms with Crippen LogP contribution in [-0.4, -0.2) is 50.5 Å². The molecule has 2 aliphatic heterocycles. The Hall–Kier alpha value is -0.120. The third-order valence-corrected chi connectivity index (χ3v) is 6.09. The maximum Gasteiger partial charge on any atom is 0.0521 e. The van der Waals surface area contributed by atoms with Crippen LogP contribution in [0.3, 0.4) is 0 Å². The van der Waals surface area contributed by atoms with E-state index in [2.05, 4.69) is 11.8 Å². The van der Waals surface area contributed by atoms with Crippen molar-refractivity contribution in [3.05, 3.63) is 0 Å². The van der Waals surface area contributed by atoms with Crippen LogP contribution in [0.4, 0.5) is 0 Å². The van der Waals surface area contributed by atoms with E-state index in [1.165, 1.54) is 58.0 Å². The normalized spacial score (nSPS) is 31.9. The van der Waals surface area contributed by atoms with Crippen molar-refractivity contribution in [2.75, 3.05) is 39.5 Å². The molecule has 2 heterocycles. The van der Waals surface area contributed by atoms with Gasteiger partial charge >= 0.3 is 0 Å². The molecule has 1 saturated carbocycles. The van der Waals surface area contributed by atoms with Crippen LogP contribution in [0.15, 0.2) is 0 Å². The lowest BCUT2D eigenvalue weighted by molar-refractivity contribution is -0.102. The summed E-state index contributed by atoms with van der Waals surface area (Å²) in [6, 6.07) is 0.900. The van der Waals surface area contributed by atoms with Gasteiger partial charge in [-0.05, 0) is 57.5 Å². The molecule has 0 N–H and O–H groups in total. The third-order valence-electron chi connectivity index (χ3n) is 6.09. The summed E-state index contributed by atoms with van der Waals surface area (Å²) in [6.45, 7) is 8.34. The summed E-state index contributed by atoms with van der Waals surface area (Å²) >= 11 is 0. The number of piperidine rings is 1. The van der Waals surface area contributed by atoms with Crippen LogP contribution in [-0.2, 0) is 9.47 Å². The summed E-state index contributed by atoms with van der Waals surface area (Å²) in [6.07, 6.45) is 9.77. The van der Waals surface area contributed by atoms with Crippen molar-refractivity contribution in [1.82, 2.24) is 4.90 Å². The van der Waals surface area contributed by atoms with Crippen molar-refractivity contribution >= 4 is 0 Å². The molecule has 0 aromatic heterocycles. The zero-order valence-electron chi connectivity index (χ0n) is 13.1. The average molecular weight is 281 g/mol. The lowest BCUT2D eigenvalue weighted by Crippen LogP contribution is -2.51. The lowest BCUT2D eigenvalue weighted by atomic mass is 9.66. The lowest BCUT2D eigenvalue weighted by Gasteiger charge is -2.50. The average Bonchev–Trinajstić information content (AvgIpc) is 3.02. The fraction of sp³-hybridized carbons (Fsp3) is 1.00. The SMILES string of the molecule is CCOCC1COCCC12CCN(C1CCCC1)CC2. The van der Waals surface area contributed by atoms with Gasteiger partial charge < -0.3 is 14.4 Å². The summed E-state index contributed by atoms with van der Waals surface area (Å²) in [5.74, 6) is 0.627. The van der Waals surface area contributed by atoms with Crippen molar-refractivity contribution < 1.29 is 9.47 Å². The summed E-state index contributed by atoms with van der Waals surface area (Å²) < 4.78 is 11.5. The molecule has 0 aromatic rings. The van der Waals surface area contributed by atoms with E-state index in [1.54, 1.807) is 0 Å². The first-order chi connectivity index (χ1) is 9.84. The van der Waals surface area contributed by atoms with Crippen molar-refractivity contribution in [1.29, 1.82) is 0 Å². The van der Waals surface area contributed by atoms with Gasteiger partial charge in [0.2, 0.25) is 0 Å². The van der Waals surface area contributed by atoms with Gasteiger partial charge in [0.25, 0.3) is 0 Å². The number of nitrogens with zero attached hydrogens (tertiary/aromatic N) is 1. The number of hydrogen-bond acceptors (Lipinski definition) is 3. The van der Waals surface area contributed by atoms with Crippen LogP contribution in [0.5, 0.6) is 0 Å². The predicted octanol–water partition coefficient (Wildman–Crippen LogP) is 3.08. The summed E-state index contributed by atoms with van der Waals surface area (Å²) in [5.41, 5.74) is 0.516. The predicted molar refractivity (Wildman–Crippen MR) is 80.9 cm³/mol. The fourth-order valence-electron chi connectivity index (χ4n) is 4.63. The molecule has 1 atom stereocenters. The first-order valence-electron chi connectivity index (χ1n) is 8.73. The smallest absolute Gasteiger partial charge is 0.0521 e. The van der Waals surface area contributed by atoms with Gasteiger partial charge in [-0.3, -0.25) is 0 Å². The molecule has 0 amide bonds. The minimum Gasteiger partial charge on any atom is -0.381 e. The van der Waals surface area contributed by atoms with Crippen LogP contribution in [0.25, 0.3) is 0 Å². The van der Waals surface area contributed by atoms with E-state index < -0.39 is 0 Å². The standard InChI is InChI=1S/C17H31NO2/c1-2-19-13-15-14-20-12-9-17(15)7-10-18(11-8-17)16-5-3-4-6-16/h15-16H,2-14H2,1H3. The van der Waals surface area contributed by atoms with E-state index in [9.17, 15) is 0 Å². The van der Waals surface area contributed by atoms with Gasteiger partial charge in [0.15, 0.2) is 0 Å². The van der Waals surface area contributed by atoms with Crippen LogP contribution in [0, 0.1) is 11.3 Å². The number of rotatable bonds is 4. The molecule has 0 bridgehead atoms. The Balaban J connectivity index is 1.57. The van der Waals surface area contributed by atoms with E-state index in [1.807, 2.05) is 0 Å². The first kappa shape index (κ1) is 14.8. The number of hydrogen-bond donors (Lipinski definition) is 0. The Labute approximate surface area is 124 Å². The Morgan fingerprint density at radius 3 is 2.60 bits per heavy atom. The highest BCUT2D eigenvalue weighted by molar-refractivity contribution is 4.95. The van der Waals surface area contributed by atoms with Crippen LogP contribution >= 0.6 is 0 Å². The van der Waals surface area contributed by atoms with Crippen molar-refractivity contribution in [3.63, 3.8) is 0 Å². The highest BCUT2D eigenvalue weighted by Gasteiger charge is 2.44. The third kappa shape index (κ3) is 3.05. The van der Waals surface area contributed by atoms with Gasteiger partial charge in [-0.15, -0.1) is 0 Å². The topological polar surface area (TPSA) is 21.7 Å². The Kier molecular flexibility index (Phi) is 5.00.